The normalized spacial score (nSPS) is 13.3. The monoisotopic (exact) mass is 403 g/mol. The molecule has 3 heteroatoms. The molecule has 0 bridgehead atoms. The Labute approximate surface area is 180 Å². The third-order valence-corrected chi connectivity index (χ3v) is 5.48. The molecule has 0 aromatic heterocycles. The van der Waals surface area contributed by atoms with Crippen molar-refractivity contribution in [1.82, 2.24) is 5.06 Å². The van der Waals surface area contributed by atoms with Crippen LogP contribution < -0.4 is 0 Å². The lowest BCUT2D eigenvalue weighted by molar-refractivity contribution is -0.181. The van der Waals surface area contributed by atoms with E-state index in [1.165, 1.54) is 5.06 Å². The van der Waals surface area contributed by atoms with Crippen molar-refractivity contribution < 1.29 is 9.94 Å². The average Bonchev–Trinajstić information content (AvgIpc) is 2.81. The average molecular weight is 404 g/mol. The highest BCUT2D eigenvalue weighted by molar-refractivity contribution is 5.22. The van der Waals surface area contributed by atoms with Crippen molar-refractivity contribution in [2.24, 2.45) is 0 Å². The number of nitrogens with zero attached hydrogens (tertiary/aromatic N) is 1. The zero-order chi connectivity index (χ0) is 21.0. The fourth-order valence-corrected chi connectivity index (χ4v) is 3.79. The summed E-state index contributed by atoms with van der Waals surface area (Å²) in [7, 11) is 0. The zero-order valence-electron chi connectivity index (χ0n) is 17.9. The molecule has 0 radical (unpaired) electrons. The fourth-order valence-electron chi connectivity index (χ4n) is 3.79. The van der Waals surface area contributed by atoms with Crippen LogP contribution in [0.1, 0.15) is 61.4 Å². The number of ether oxygens (including phenoxy) is 1. The Morgan fingerprint density at radius 1 is 0.733 bits per heavy atom. The standard InChI is InChI=1S/C27H33NO2/c1-2-3-7-20-26(24-16-10-5-11-17-24)28(29)27(25-18-12-6-13-19-25)22-30-21-23-14-8-4-9-15-23/h4-6,8-19,26-27,29H,2-3,7,20-22H2,1H3/t26-,27+/m1/s1. The number of hydrogen-bond acceptors (Lipinski definition) is 3. The molecule has 158 valence electrons. The van der Waals surface area contributed by atoms with Crippen LogP contribution in [0, 0.1) is 0 Å². The third-order valence-electron chi connectivity index (χ3n) is 5.48. The van der Waals surface area contributed by atoms with Gasteiger partial charge in [0, 0.05) is 0 Å². The van der Waals surface area contributed by atoms with Gasteiger partial charge in [0.25, 0.3) is 0 Å². The number of unbranched alkanes of at least 4 members (excludes halogenated alkanes) is 2. The number of benzene rings is 3. The molecule has 0 saturated heterocycles. The van der Waals surface area contributed by atoms with E-state index in [0.717, 1.165) is 42.4 Å². The molecule has 0 fully saturated rings. The van der Waals surface area contributed by atoms with E-state index >= 15 is 0 Å². The van der Waals surface area contributed by atoms with Crippen LogP contribution in [0.15, 0.2) is 91.0 Å². The molecule has 30 heavy (non-hydrogen) atoms. The van der Waals surface area contributed by atoms with Gasteiger partial charge in [-0.3, -0.25) is 0 Å². The van der Waals surface area contributed by atoms with E-state index in [1.54, 1.807) is 0 Å². The van der Waals surface area contributed by atoms with Crippen molar-refractivity contribution in [3.8, 4) is 0 Å². The van der Waals surface area contributed by atoms with E-state index < -0.39 is 0 Å². The minimum Gasteiger partial charge on any atom is -0.375 e. The Balaban J connectivity index is 1.78. The third kappa shape index (κ3) is 6.53. The topological polar surface area (TPSA) is 32.7 Å². The highest BCUT2D eigenvalue weighted by Gasteiger charge is 2.27. The summed E-state index contributed by atoms with van der Waals surface area (Å²) in [6.07, 6.45) is 4.32. The zero-order valence-corrected chi connectivity index (χ0v) is 17.9. The fraction of sp³-hybridized carbons (Fsp3) is 0.333. The quantitative estimate of drug-likeness (QED) is 0.262. The molecule has 3 aromatic rings. The van der Waals surface area contributed by atoms with Crippen molar-refractivity contribution in [2.45, 2.75) is 51.3 Å². The smallest absolute Gasteiger partial charge is 0.0840 e. The van der Waals surface area contributed by atoms with E-state index in [-0.39, 0.29) is 12.1 Å². The van der Waals surface area contributed by atoms with E-state index in [2.05, 4.69) is 43.3 Å². The van der Waals surface area contributed by atoms with Crippen LogP contribution in [0.5, 0.6) is 0 Å². The summed E-state index contributed by atoms with van der Waals surface area (Å²) < 4.78 is 6.07. The van der Waals surface area contributed by atoms with Crippen LogP contribution in [0.25, 0.3) is 0 Å². The second-order valence-corrected chi connectivity index (χ2v) is 7.73. The van der Waals surface area contributed by atoms with Gasteiger partial charge in [-0.2, -0.15) is 5.06 Å². The van der Waals surface area contributed by atoms with Crippen LogP contribution >= 0.6 is 0 Å². The van der Waals surface area contributed by atoms with E-state index in [0.29, 0.717) is 13.2 Å². The molecule has 1 N–H and O–H groups in total. The van der Waals surface area contributed by atoms with Crippen LogP contribution in [0.2, 0.25) is 0 Å². The summed E-state index contributed by atoms with van der Waals surface area (Å²) in [5.41, 5.74) is 3.33. The Morgan fingerprint density at radius 2 is 1.27 bits per heavy atom. The molecule has 0 aliphatic heterocycles. The first kappa shape index (κ1) is 22.2. The van der Waals surface area contributed by atoms with Crippen LogP contribution in [-0.4, -0.2) is 16.9 Å². The van der Waals surface area contributed by atoms with Crippen molar-refractivity contribution >= 4 is 0 Å². The molecule has 3 aromatic carbocycles. The highest BCUT2D eigenvalue weighted by Crippen LogP contribution is 2.33. The predicted molar refractivity (Wildman–Crippen MR) is 122 cm³/mol. The van der Waals surface area contributed by atoms with Crippen molar-refractivity contribution in [1.29, 1.82) is 0 Å². The minimum atomic E-state index is -0.234. The van der Waals surface area contributed by atoms with Gasteiger partial charge in [0.05, 0.1) is 25.3 Å². The van der Waals surface area contributed by atoms with Crippen molar-refractivity contribution in [3.05, 3.63) is 108 Å². The second kappa shape index (κ2) is 12.3. The van der Waals surface area contributed by atoms with Gasteiger partial charge in [-0.15, -0.1) is 0 Å². The lowest BCUT2D eigenvalue weighted by Crippen LogP contribution is -2.33. The van der Waals surface area contributed by atoms with Crippen LogP contribution in [-0.2, 0) is 11.3 Å². The number of hydrogen-bond donors (Lipinski definition) is 1. The molecular weight excluding hydrogens is 370 g/mol. The molecule has 0 heterocycles. The van der Waals surface area contributed by atoms with E-state index in [4.69, 9.17) is 4.74 Å². The molecular formula is C27H33NO2. The summed E-state index contributed by atoms with van der Waals surface area (Å²) in [6.45, 7) is 3.16. The maximum Gasteiger partial charge on any atom is 0.0840 e. The summed E-state index contributed by atoms with van der Waals surface area (Å²) in [4.78, 5) is 0. The van der Waals surface area contributed by atoms with E-state index in [9.17, 15) is 5.21 Å². The lowest BCUT2D eigenvalue weighted by atomic mass is 9.97. The van der Waals surface area contributed by atoms with Gasteiger partial charge in [0.15, 0.2) is 0 Å². The van der Waals surface area contributed by atoms with Gasteiger partial charge in [-0.1, -0.05) is 117 Å². The van der Waals surface area contributed by atoms with Gasteiger partial charge in [-0.05, 0) is 23.1 Å². The first-order chi connectivity index (χ1) is 14.8. The molecule has 0 saturated carbocycles. The maximum atomic E-state index is 11.4. The molecule has 0 aliphatic carbocycles. The second-order valence-electron chi connectivity index (χ2n) is 7.73. The van der Waals surface area contributed by atoms with Crippen LogP contribution in [0.3, 0.4) is 0 Å². The lowest BCUT2D eigenvalue weighted by Gasteiger charge is -2.34. The molecule has 0 unspecified atom stereocenters. The largest absolute Gasteiger partial charge is 0.375 e. The Bertz CT molecular complexity index is 823. The van der Waals surface area contributed by atoms with Gasteiger partial charge in [0.2, 0.25) is 0 Å². The molecule has 3 nitrogen and oxygen atoms in total. The summed E-state index contributed by atoms with van der Waals surface area (Å²) >= 11 is 0. The van der Waals surface area contributed by atoms with Gasteiger partial charge in [0.1, 0.15) is 0 Å². The number of hydroxylamine groups is 2. The maximum absolute atomic E-state index is 11.4. The van der Waals surface area contributed by atoms with Crippen LogP contribution in [0.4, 0.5) is 0 Å². The Hall–Kier alpha value is -2.46. The minimum absolute atomic E-state index is 0.0664. The Morgan fingerprint density at radius 3 is 1.83 bits per heavy atom. The SMILES string of the molecule is CCCCC[C@H](c1ccccc1)N(O)[C@@H](COCc1ccccc1)c1ccccc1. The highest BCUT2D eigenvalue weighted by atomic mass is 16.5. The first-order valence-electron chi connectivity index (χ1n) is 11.0. The molecule has 0 amide bonds. The predicted octanol–water partition coefficient (Wildman–Crippen LogP) is 6.96. The van der Waals surface area contributed by atoms with Gasteiger partial charge in [-0.25, -0.2) is 0 Å². The molecule has 3 rings (SSSR count). The molecule has 0 spiro atoms. The van der Waals surface area contributed by atoms with E-state index in [1.807, 2.05) is 54.6 Å². The first-order valence-corrected chi connectivity index (χ1v) is 11.0. The summed E-state index contributed by atoms with van der Waals surface area (Å²) in [6, 6.07) is 30.3. The van der Waals surface area contributed by atoms with Gasteiger partial charge >= 0.3 is 0 Å². The summed E-state index contributed by atoms with van der Waals surface area (Å²) in [5.74, 6) is 0. The number of rotatable bonds is 12. The van der Waals surface area contributed by atoms with Crippen molar-refractivity contribution in [2.75, 3.05) is 6.61 Å². The van der Waals surface area contributed by atoms with Gasteiger partial charge < -0.3 is 9.94 Å². The Kier molecular flexibility index (Phi) is 9.10. The molecule has 2 atom stereocenters. The summed E-state index contributed by atoms with van der Waals surface area (Å²) in [5, 5.41) is 12.9. The molecule has 0 aliphatic rings. The van der Waals surface area contributed by atoms with Crippen molar-refractivity contribution in [3.63, 3.8) is 0 Å².